The fraction of sp³-hybridized carbons (Fsp3) is 0.645. The first kappa shape index (κ1) is 29.9. The van der Waals surface area contributed by atoms with Crippen molar-refractivity contribution in [2.24, 2.45) is 5.92 Å². The highest BCUT2D eigenvalue weighted by molar-refractivity contribution is 5.82. The third-order valence-corrected chi connectivity index (χ3v) is 7.93. The molecule has 0 aromatic rings. The van der Waals surface area contributed by atoms with Gasteiger partial charge in [-0.1, -0.05) is 55.0 Å². The molecule has 4 heterocycles. The minimum atomic E-state index is -1.44. The van der Waals surface area contributed by atoms with Gasteiger partial charge >= 0.3 is 5.97 Å². The maximum atomic E-state index is 12.9. The number of esters is 1. The third-order valence-electron chi connectivity index (χ3n) is 7.93. The van der Waals surface area contributed by atoms with Gasteiger partial charge < -0.3 is 33.9 Å². The van der Waals surface area contributed by atoms with Crippen LogP contribution in [0, 0.1) is 5.92 Å². The summed E-state index contributed by atoms with van der Waals surface area (Å²) in [5.41, 5.74) is 2.08. The van der Waals surface area contributed by atoms with Crippen molar-refractivity contribution in [2.45, 2.75) is 107 Å². The van der Waals surface area contributed by atoms with E-state index in [0.29, 0.717) is 18.9 Å². The molecule has 1 fully saturated rings. The Kier molecular flexibility index (Phi) is 10.4. The van der Waals surface area contributed by atoms with Crippen molar-refractivity contribution in [2.75, 3.05) is 13.7 Å². The molecule has 0 unspecified atom stereocenters. The van der Waals surface area contributed by atoms with Crippen molar-refractivity contribution in [1.29, 1.82) is 0 Å². The second kappa shape index (κ2) is 13.5. The van der Waals surface area contributed by atoms with E-state index in [0.717, 1.165) is 31.3 Å². The minimum Gasteiger partial charge on any atom is -0.453 e. The Morgan fingerprint density at radius 1 is 1.15 bits per heavy atom. The Labute approximate surface area is 232 Å². The summed E-state index contributed by atoms with van der Waals surface area (Å²) >= 11 is 0. The summed E-state index contributed by atoms with van der Waals surface area (Å²) in [7, 11) is 1.47. The lowest BCUT2D eigenvalue weighted by Crippen LogP contribution is -2.43. The quantitative estimate of drug-likeness (QED) is 0.405. The summed E-state index contributed by atoms with van der Waals surface area (Å²) in [6.45, 7) is 8.88. The molecule has 0 radical (unpaired) electrons. The molecule has 39 heavy (non-hydrogen) atoms. The molecule has 9 atom stereocenters. The zero-order valence-electron chi connectivity index (χ0n) is 23.4. The molecule has 4 bridgehead atoms. The van der Waals surface area contributed by atoms with Crippen LogP contribution in [0.1, 0.15) is 58.8 Å². The summed E-state index contributed by atoms with van der Waals surface area (Å²) < 4.78 is 29.9. The number of ether oxygens (including phenoxy) is 5. The van der Waals surface area contributed by atoms with Crippen LogP contribution in [-0.2, 0) is 28.5 Å². The van der Waals surface area contributed by atoms with Crippen LogP contribution in [-0.4, -0.2) is 78.4 Å². The number of rotatable bonds is 3. The molecule has 4 aliphatic heterocycles. The average Bonchev–Trinajstić information content (AvgIpc) is 3.25. The predicted molar refractivity (Wildman–Crippen MR) is 147 cm³/mol. The van der Waals surface area contributed by atoms with Crippen molar-refractivity contribution in [3.8, 4) is 0 Å². The number of carbonyl (C=O) groups excluding carboxylic acids is 1. The zero-order valence-corrected chi connectivity index (χ0v) is 23.4. The number of fused-ring (bicyclic) bond motifs is 4. The molecule has 0 spiro atoms. The summed E-state index contributed by atoms with van der Waals surface area (Å²) in [6, 6.07) is 0. The van der Waals surface area contributed by atoms with E-state index in [4.69, 9.17) is 23.7 Å². The highest BCUT2D eigenvalue weighted by atomic mass is 16.7. The summed E-state index contributed by atoms with van der Waals surface area (Å²) in [5, 5.41) is 22.0. The molecule has 0 amide bonds. The predicted octanol–water partition coefficient (Wildman–Crippen LogP) is 4.08. The van der Waals surface area contributed by atoms with Crippen LogP contribution in [0.25, 0.3) is 0 Å². The van der Waals surface area contributed by atoms with Crippen LogP contribution in [0.2, 0.25) is 0 Å². The largest absolute Gasteiger partial charge is 0.453 e. The maximum Gasteiger partial charge on any atom is 0.330 e. The van der Waals surface area contributed by atoms with Crippen molar-refractivity contribution in [1.82, 2.24) is 0 Å². The summed E-state index contributed by atoms with van der Waals surface area (Å²) in [6.07, 6.45) is 12.9. The van der Waals surface area contributed by atoms with Gasteiger partial charge in [-0.3, -0.25) is 0 Å². The first-order valence-electron chi connectivity index (χ1n) is 14.1. The number of methoxy groups -OCH3 is 1. The average molecular weight is 545 g/mol. The molecular formula is C31H44O8. The van der Waals surface area contributed by atoms with Crippen molar-refractivity contribution in [3.05, 3.63) is 60.3 Å². The lowest BCUT2D eigenvalue weighted by molar-refractivity contribution is -0.232. The van der Waals surface area contributed by atoms with Gasteiger partial charge in [-0.05, 0) is 57.4 Å². The van der Waals surface area contributed by atoms with Gasteiger partial charge in [-0.25, -0.2) is 4.79 Å². The number of aliphatic hydroxyl groups is 2. The van der Waals surface area contributed by atoms with E-state index in [9.17, 15) is 15.0 Å². The van der Waals surface area contributed by atoms with E-state index in [1.807, 2.05) is 18.2 Å². The molecule has 216 valence electrons. The van der Waals surface area contributed by atoms with Crippen LogP contribution in [0.3, 0.4) is 0 Å². The van der Waals surface area contributed by atoms with E-state index >= 15 is 0 Å². The van der Waals surface area contributed by atoms with Gasteiger partial charge in [0.1, 0.15) is 6.10 Å². The van der Waals surface area contributed by atoms with Gasteiger partial charge in [0.05, 0.1) is 37.1 Å². The van der Waals surface area contributed by atoms with Gasteiger partial charge in [-0.15, -0.1) is 0 Å². The van der Waals surface area contributed by atoms with Gasteiger partial charge in [0.15, 0.2) is 6.10 Å². The van der Waals surface area contributed by atoms with Gasteiger partial charge in [-0.2, -0.15) is 0 Å². The second-order valence-corrected chi connectivity index (χ2v) is 11.4. The monoisotopic (exact) mass is 544 g/mol. The van der Waals surface area contributed by atoms with Crippen LogP contribution in [0.5, 0.6) is 0 Å². The lowest BCUT2D eigenvalue weighted by atomic mass is 9.90. The van der Waals surface area contributed by atoms with E-state index in [2.05, 4.69) is 26.5 Å². The molecule has 0 aromatic carbocycles. The normalized spacial score (nSPS) is 41.5. The minimum absolute atomic E-state index is 0.0864. The topological polar surface area (TPSA) is 104 Å². The van der Waals surface area contributed by atoms with E-state index in [1.165, 1.54) is 18.8 Å². The van der Waals surface area contributed by atoms with Gasteiger partial charge in [0, 0.05) is 19.6 Å². The van der Waals surface area contributed by atoms with Gasteiger partial charge in [0.2, 0.25) is 5.79 Å². The summed E-state index contributed by atoms with van der Waals surface area (Å²) in [5.74, 6) is -1.67. The Morgan fingerprint density at radius 2 is 1.97 bits per heavy atom. The van der Waals surface area contributed by atoms with Crippen molar-refractivity contribution >= 4 is 5.97 Å². The Balaban J connectivity index is 1.57. The number of hydrogen-bond acceptors (Lipinski definition) is 8. The van der Waals surface area contributed by atoms with Crippen LogP contribution in [0.4, 0.5) is 0 Å². The summed E-state index contributed by atoms with van der Waals surface area (Å²) in [4.78, 5) is 12.9. The molecular weight excluding hydrogens is 500 g/mol. The molecule has 1 saturated heterocycles. The Bertz CT molecular complexity index is 983. The maximum absolute atomic E-state index is 12.9. The molecule has 0 saturated carbocycles. The zero-order chi connectivity index (χ0) is 28.0. The van der Waals surface area contributed by atoms with Crippen LogP contribution in [0.15, 0.2) is 60.3 Å². The molecule has 2 N–H and O–H groups in total. The first-order chi connectivity index (χ1) is 18.7. The van der Waals surface area contributed by atoms with Crippen LogP contribution < -0.4 is 0 Å². The molecule has 8 nitrogen and oxygen atoms in total. The molecule has 4 aliphatic rings. The van der Waals surface area contributed by atoms with E-state index in [1.54, 1.807) is 12.2 Å². The van der Waals surface area contributed by atoms with Crippen molar-refractivity contribution in [3.63, 3.8) is 0 Å². The Morgan fingerprint density at radius 3 is 2.74 bits per heavy atom. The fourth-order valence-electron chi connectivity index (χ4n) is 5.87. The molecule has 8 heteroatoms. The third kappa shape index (κ3) is 7.99. The van der Waals surface area contributed by atoms with Crippen molar-refractivity contribution < 1.29 is 38.7 Å². The Hall–Kier alpha value is -2.07. The highest BCUT2D eigenvalue weighted by Crippen LogP contribution is 2.38. The second-order valence-electron chi connectivity index (χ2n) is 11.4. The number of hydrogen-bond donors (Lipinski definition) is 2. The first-order valence-corrected chi connectivity index (χ1v) is 14.1. The fourth-order valence-corrected chi connectivity index (χ4v) is 5.87. The number of carbonyl (C=O) groups is 1. The smallest absolute Gasteiger partial charge is 0.330 e. The molecule has 0 aliphatic carbocycles. The standard InChI is InChI=1S/C31H44O8/c1-20-12-14-36-24(16-20)11-13-31(35-4)28-19-27(39-31)30(34)26(32)18-22(3)15-21(2)17-25-9-5-7-23(37-25)8-6-10-29(33)38-28/h5-7,10-13,21,23-28,30,32,34H,3,8-9,14-19H2,1-2,4H3/b10-6-,13-11+/t21-,23-,24+,25-,26-,27+,28-,30-,31+/m0/s1. The van der Waals surface area contributed by atoms with Gasteiger partial charge in [0.25, 0.3) is 0 Å². The van der Waals surface area contributed by atoms with Crippen LogP contribution >= 0.6 is 0 Å². The number of aliphatic hydroxyl groups excluding tert-OH is 2. The van der Waals surface area contributed by atoms with E-state index in [-0.39, 0.29) is 31.2 Å². The molecule has 0 aromatic heterocycles. The SMILES string of the molecule is C=C1C[C@H](C)C[C@@H]2CC=C[C@@H](C/C=C\C(=O)O[C@H]3C[C@@H](O[C@@]3(/C=C/[C@@H]3CC(C)=CCO3)OC)[C@@H](O)[C@@H](O)C1)O2. The highest BCUT2D eigenvalue weighted by Gasteiger charge is 2.53. The lowest BCUT2D eigenvalue weighted by Gasteiger charge is -2.31. The molecule has 4 rings (SSSR count). The van der Waals surface area contributed by atoms with E-state index < -0.39 is 36.2 Å².